The normalized spacial score (nSPS) is 16.7. The zero-order valence-electron chi connectivity index (χ0n) is 54.6. The summed E-state index contributed by atoms with van der Waals surface area (Å²) in [5, 5.41) is -0.595. The van der Waals surface area contributed by atoms with Gasteiger partial charge < -0.3 is 0 Å². The molecule has 2 nitrogen and oxygen atoms in total. The standard InChI is InChI=1S/C58H38N2S/c1-3-44-45(4-2)50(52-33-30-40-29-28-39-24-16-34-59-55(39)56(40)60-52)32-31-47(44)41-22-15-23-43(35-41)57-53(37-17-7-5-8-18-37)54(38-19-9-6-10-20-38)58(61-57)51-36-42-21-11-12-25-46(42)48-26-13-14-27-49(48)51/h3-36H,1-2H2/i5D,6D,7D,8D,9D,10D,11D,12D,13D,14D,15D,17D,18D,19D,20D,21D,22D,23D,25D,26D,27D,35D,36D. The molecule has 0 radical (unpaired) electrons. The molecule has 0 atom stereocenters. The van der Waals surface area contributed by atoms with Crippen LogP contribution in [0.5, 0.6) is 0 Å². The van der Waals surface area contributed by atoms with Crippen molar-refractivity contribution in [1.29, 1.82) is 0 Å². The summed E-state index contributed by atoms with van der Waals surface area (Å²) in [6.07, 6.45) is 4.59. The molecule has 0 aliphatic rings. The van der Waals surface area contributed by atoms with Crippen LogP contribution in [-0.4, -0.2) is 9.97 Å². The summed E-state index contributed by atoms with van der Waals surface area (Å²) >= 11 is 0.423. The molecule has 0 amide bonds. The molecule has 11 rings (SSSR count). The van der Waals surface area contributed by atoms with Gasteiger partial charge in [-0.15, -0.1) is 11.3 Å². The Hall–Kier alpha value is -7.72. The molecule has 0 spiro atoms. The summed E-state index contributed by atoms with van der Waals surface area (Å²) in [5.41, 5.74) is -1.34. The quantitative estimate of drug-likeness (QED) is 0.143. The lowest BCUT2D eigenvalue weighted by Gasteiger charge is -2.16. The van der Waals surface area contributed by atoms with Gasteiger partial charge in [-0.1, -0.05) is 189 Å². The van der Waals surface area contributed by atoms with E-state index in [1.807, 2.05) is 24.3 Å². The van der Waals surface area contributed by atoms with Gasteiger partial charge >= 0.3 is 0 Å². The number of aromatic nitrogens is 2. The number of fused-ring (bicyclic) bond motifs is 6. The number of nitrogens with zero attached hydrogens (tertiary/aromatic N) is 2. The summed E-state index contributed by atoms with van der Waals surface area (Å²) in [4.78, 5) is 8.59. The highest BCUT2D eigenvalue weighted by molar-refractivity contribution is 7.20. The molecular weight excluding hydrogens is 757 g/mol. The van der Waals surface area contributed by atoms with Gasteiger partial charge in [0.1, 0.15) is 0 Å². The van der Waals surface area contributed by atoms with Crippen molar-refractivity contribution in [2.75, 3.05) is 0 Å². The third-order valence-electron chi connectivity index (χ3n) is 10.3. The number of benzene rings is 8. The van der Waals surface area contributed by atoms with E-state index in [-0.39, 0.29) is 16.7 Å². The predicted molar refractivity (Wildman–Crippen MR) is 263 cm³/mol. The van der Waals surface area contributed by atoms with Gasteiger partial charge in [0.2, 0.25) is 0 Å². The first-order chi connectivity index (χ1) is 39.7. The monoisotopic (exact) mass is 817 g/mol. The molecule has 61 heavy (non-hydrogen) atoms. The van der Waals surface area contributed by atoms with Crippen LogP contribution in [0.2, 0.25) is 0 Å². The number of thiophene rings is 1. The van der Waals surface area contributed by atoms with Crippen LogP contribution < -0.4 is 0 Å². The third-order valence-corrected chi connectivity index (χ3v) is 11.5. The summed E-state index contributed by atoms with van der Waals surface area (Å²) in [6.45, 7) is 8.16. The first kappa shape index (κ1) is 19.6. The Morgan fingerprint density at radius 3 is 1.80 bits per heavy atom. The Balaban J connectivity index is 1.36. The van der Waals surface area contributed by atoms with Crippen LogP contribution >= 0.6 is 11.3 Å². The second kappa shape index (κ2) is 15.1. The molecule has 3 heterocycles. The van der Waals surface area contributed by atoms with E-state index in [0.717, 1.165) is 10.8 Å². The first-order valence-electron chi connectivity index (χ1n) is 30.2. The van der Waals surface area contributed by atoms with Crippen molar-refractivity contribution >= 4 is 66.8 Å². The van der Waals surface area contributed by atoms with Gasteiger partial charge in [-0.2, -0.15) is 0 Å². The van der Waals surface area contributed by atoms with Crippen molar-refractivity contribution < 1.29 is 31.5 Å². The van der Waals surface area contributed by atoms with Gasteiger partial charge in [0.15, 0.2) is 0 Å². The summed E-state index contributed by atoms with van der Waals surface area (Å²) in [6, 6.07) is -5.80. The maximum absolute atomic E-state index is 10.3. The molecule has 0 aliphatic heterocycles. The number of pyridine rings is 2. The smallest absolute Gasteiger partial charge is 0.0972 e. The largest absolute Gasteiger partial charge is 0.254 e. The fourth-order valence-corrected chi connectivity index (χ4v) is 8.91. The average Bonchev–Trinajstić information content (AvgIpc) is 2.25. The number of hydrogen-bond acceptors (Lipinski definition) is 3. The van der Waals surface area contributed by atoms with Gasteiger partial charge in [0.05, 0.1) is 48.3 Å². The van der Waals surface area contributed by atoms with E-state index in [0.29, 0.717) is 39.2 Å². The van der Waals surface area contributed by atoms with Gasteiger partial charge in [-0.3, -0.25) is 4.98 Å². The van der Waals surface area contributed by atoms with Crippen LogP contribution in [0, 0.1) is 0 Å². The van der Waals surface area contributed by atoms with Crippen molar-refractivity contribution in [2.24, 2.45) is 0 Å². The highest BCUT2D eigenvalue weighted by atomic mass is 32.1. The minimum Gasteiger partial charge on any atom is -0.254 e. The van der Waals surface area contributed by atoms with Crippen molar-refractivity contribution in [2.45, 2.75) is 0 Å². The molecular formula is C58H38N2S. The summed E-state index contributed by atoms with van der Waals surface area (Å²) in [5.74, 6) is 0. The lowest BCUT2D eigenvalue weighted by Crippen LogP contribution is -1.95. The lowest BCUT2D eigenvalue weighted by molar-refractivity contribution is 1.36. The summed E-state index contributed by atoms with van der Waals surface area (Å²) in [7, 11) is 0. The van der Waals surface area contributed by atoms with Crippen LogP contribution in [0.1, 0.15) is 42.7 Å². The number of hydrogen-bond donors (Lipinski definition) is 0. The Morgan fingerprint density at radius 2 is 1.05 bits per heavy atom. The average molecular weight is 818 g/mol. The second-order valence-corrected chi connectivity index (χ2v) is 14.6. The third kappa shape index (κ3) is 6.18. The highest BCUT2D eigenvalue weighted by Crippen LogP contribution is 2.54. The van der Waals surface area contributed by atoms with Crippen molar-refractivity contribution in [1.82, 2.24) is 9.97 Å². The van der Waals surface area contributed by atoms with Gasteiger partial charge in [0.25, 0.3) is 0 Å². The molecule has 3 aromatic heterocycles. The van der Waals surface area contributed by atoms with Crippen LogP contribution in [-0.2, 0) is 0 Å². The molecule has 0 bridgehead atoms. The highest BCUT2D eigenvalue weighted by Gasteiger charge is 2.25. The molecule has 11 aromatic rings. The van der Waals surface area contributed by atoms with E-state index in [1.165, 1.54) is 12.2 Å². The summed E-state index contributed by atoms with van der Waals surface area (Å²) < 4.78 is 212. The molecule has 0 aliphatic carbocycles. The molecule has 0 saturated heterocycles. The Bertz CT molecular complexity index is 4820. The van der Waals surface area contributed by atoms with Crippen molar-refractivity contribution in [3.63, 3.8) is 0 Å². The Kier molecular flexibility index (Phi) is 4.86. The van der Waals surface area contributed by atoms with Crippen molar-refractivity contribution in [3.8, 4) is 65.5 Å². The Morgan fingerprint density at radius 1 is 0.459 bits per heavy atom. The fourth-order valence-electron chi connectivity index (χ4n) is 7.63. The Labute approximate surface area is 391 Å². The van der Waals surface area contributed by atoms with Crippen LogP contribution in [0.4, 0.5) is 0 Å². The van der Waals surface area contributed by atoms with E-state index in [2.05, 4.69) is 18.1 Å². The van der Waals surface area contributed by atoms with Crippen molar-refractivity contribution in [3.05, 3.63) is 218 Å². The van der Waals surface area contributed by atoms with Gasteiger partial charge in [-0.05, 0) is 84.7 Å². The zero-order valence-corrected chi connectivity index (χ0v) is 32.4. The molecule has 3 heteroatoms. The maximum atomic E-state index is 10.3. The van der Waals surface area contributed by atoms with E-state index < -0.39 is 204 Å². The van der Waals surface area contributed by atoms with Crippen LogP contribution in [0.3, 0.4) is 0 Å². The van der Waals surface area contributed by atoms with Gasteiger partial charge in [0, 0.05) is 49.0 Å². The first-order valence-corrected chi connectivity index (χ1v) is 19.5. The minimum absolute atomic E-state index is 0.0902. The number of rotatable bonds is 8. The maximum Gasteiger partial charge on any atom is 0.0972 e. The molecule has 0 N–H and O–H groups in total. The van der Waals surface area contributed by atoms with E-state index >= 15 is 0 Å². The zero-order chi connectivity index (χ0) is 60.9. The topological polar surface area (TPSA) is 25.8 Å². The molecule has 0 unspecified atom stereocenters. The SMILES string of the molecule is [2H]c1c([2H])c([2H])c(-c2c(-c3c([2H])c([2H])c([2H])c(-c4ccc(-c5ccc6ccc7cccnc7c6n5)c(C=C)c4C=C)c3[2H])sc(-c3c([2H])c4c([2H])c([2H])c([2H])c([2H])c4c4c([2H])c([2H])c([2H])c([2H])c34)c2-c2c([2H])c([2H])c([2H])c([2H])c2[2H])c([2H])c1[2H]. The molecule has 286 valence electrons. The molecule has 0 saturated carbocycles. The van der Waals surface area contributed by atoms with E-state index in [4.69, 9.17) is 20.1 Å². The van der Waals surface area contributed by atoms with Gasteiger partial charge in [-0.25, -0.2) is 4.98 Å². The molecule has 8 aromatic carbocycles. The minimum atomic E-state index is -0.973. The van der Waals surface area contributed by atoms with Crippen LogP contribution in [0.25, 0.3) is 121 Å². The second-order valence-electron chi connectivity index (χ2n) is 13.6. The lowest BCUT2D eigenvalue weighted by atomic mass is 9.88. The van der Waals surface area contributed by atoms with E-state index in [9.17, 15) is 16.4 Å². The molecule has 0 fully saturated rings. The van der Waals surface area contributed by atoms with E-state index in [1.54, 1.807) is 30.5 Å². The van der Waals surface area contributed by atoms with Crippen LogP contribution in [0.15, 0.2) is 207 Å². The fraction of sp³-hybridized carbons (Fsp3) is 0. The predicted octanol–water partition coefficient (Wildman–Crippen LogP) is 16.4.